The molecule has 0 fully saturated rings. The van der Waals surface area contributed by atoms with Crippen LogP contribution in [0, 0.1) is 0 Å². The third-order valence-electron chi connectivity index (χ3n) is 2.45. The average Bonchev–Trinajstić information content (AvgIpc) is 2.47. The molecule has 0 bridgehead atoms. The molecule has 1 N–H and O–H groups in total. The molecule has 0 radical (unpaired) electrons. The van der Waals surface area contributed by atoms with Gasteiger partial charge in [-0.25, -0.2) is 0 Å². The Kier molecular flexibility index (Phi) is 3.32. The molecule has 2 heteroatoms. The standard InChI is InChI=1S/C10H17NO/c1-3-5-10(11-12)9-7-4-6-8(9)2/h12H,3-7H2,1-2H3/b11-10-. The molecule has 0 heterocycles. The maximum absolute atomic E-state index is 8.79. The van der Waals surface area contributed by atoms with Gasteiger partial charge >= 0.3 is 0 Å². The van der Waals surface area contributed by atoms with Gasteiger partial charge < -0.3 is 5.21 Å². The first-order chi connectivity index (χ1) is 5.79. The van der Waals surface area contributed by atoms with Crippen LogP contribution in [0.2, 0.25) is 0 Å². The van der Waals surface area contributed by atoms with Crippen LogP contribution < -0.4 is 0 Å². The Morgan fingerprint density at radius 2 is 2.25 bits per heavy atom. The third kappa shape index (κ3) is 1.87. The van der Waals surface area contributed by atoms with Crippen LogP contribution in [-0.2, 0) is 0 Å². The number of hydrogen-bond acceptors (Lipinski definition) is 2. The molecule has 0 aromatic carbocycles. The Labute approximate surface area is 74.0 Å². The molecule has 0 amide bonds. The van der Waals surface area contributed by atoms with Crippen molar-refractivity contribution in [1.82, 2.24) is 0 Å². The molecular formula is C10H17NO. The van der Waals surface area contributed by atoms with Gasteiger partial charge in [-0.05, 0) is 38.2 Å². The second kappa shape index (κ2) is 4.29. The fourth-order valence-corrected chi connectivity index (χ4v) is 1.78. The monoisotopic (exact) mass is 167 g/mol. The normalized spacial score (nSPS) is 19.0. The Hall–Kier alpha value is -0.790. The summed E-state index contributed by atoms with van der Waals surface area (Å²) in [7, 11) is 0. The molecule has 12 heavy (non-hydrogen) atoms. The van der Waals surface area contributed by atoms with Crippen LogP contribution in [0.25, 0.3) is 0 Å². The van der Waals surface area contributed by atoms with E-state index in [4.69, 9.17) is 5.21 Å². The van der Waals surface area contributed by atoms with Crippen LogP contribution in [-0.4, -0.2) is 10.9 Å². The van der Waals surface area contributed by atoms with Crippen LogP contribution in [0.1, 0.15) is 46.0 Å². The molecule has 0 aromatic rings. The van der Waals surface area contributed by atoms with Gasteiger partial charge in [0.25, 0.3) is 0 Å². The number of oxime groups is 1. The first-order valence-corrected chi connectivity index (χ1v) is 4.69. The van der Waals surface area contributed by atoms with Gasteiger partial charge in [-0.15, -0.1) is 0 Å². The van der Waals surface area contributed by atoms with E-state index in [0.29, 0.717) is 0 Å². The maximum Gasteiger partial charge on any atom is 0.0826 e. The van der Waals surface area contributed by atoms with Gasteiger partial charge in [0.2, 0.25) is 0 Å². The largest absolute Gasteiger partial charge is 0.411 e. The SMILES string of the molecule is CCC/C(=N/O)C1=C(C)CCC1. The zero-order chi connectivity index (χ0) is 8.97. The van der Waals surface area contributed by atoms with Gasteiger partial charge in [-0.3, -0.25) is 0 Å². The first kappa shape index (κ1) is 9.30. The minimum absolute atomic E-state index is 0.906. The summed E-state index contributed by atoms with van der Waals surface area (Å²) in [4.78, 5) is 0. The molecule has 0 aliphatic heterocycles. The average molecular weight is 167 g/mol. The highest BCUT2D eigenvalue weighted by Gasteiger charge is 2.15. The molecule has 0 spiro atoms. The van der Waals surface area contributed by atoms with Crippen LogP contribution in [0.4, 0.5) is 0 Å². The zero-order valence-electron chi connectivity index (χ0n) is 7.93. The summed E-state index contributed by atoms with van der Waals surface area (Å²) in [5.41, 5.74) is 3.63. The lowest BCUT2D eigenvalue weighted by molar-refractivity contribution is 0.317. The molecule has 0 atom stereocenters. The van der Waals surface area contributed by atoms with E-state index in [2.05, 4.69) is 19.0 Å². The molecular weight excluding hydrogens is 150 g/mol. The highest BCUT2D eigenvalue weighted by molar-refractivity contribution is 6.00. The maximum atomic E-state index is 8.79. The van der Waals surface area contributed by atoms with Crippen molar-refractivity contribution in [3.05, 3.63) is 11.1 Å². The molecule has 1 aliphatic rings. The van der Waals surface area contributed by atoms with Gasteiger partial charge in [0, 0.05) is 0 Å². The summed E-state index contributed by atoms with van der Waals surface area (Å²) >= 11 is 0. The van der Waals surface area contributed by atoms with E-state index in [9.17, 15) is 0 Å². The van der Waals surface area contributed by atoms with Crippen molar-refractivity contribution in [3.8, 4) is 0 Å². The molecule has 0 saturated carbocycles. The predicted molar refractivity (Wildman–Crippen MR) is 50.7 cm³/mol. The van der Waals surface area contributed by atoms with Crippen molar-refractivity contribution in [1.29, 1.82) is 0 Å². The molecule has 0 aromatic heterocycles. The number of hydrogen-bond donors (Lipinski definition) is 1. The van der Waals surface area contributed by atoms with Crippen LogP contribution in [0.3, 0.4) is 0 Å². The molecule has 2 nitrogen and oxygen atoms in total. The third-order valence-corrected chi connectivity index (χ3v) is 2.45. The summed E-state index contributed by atoms with van der Waals surface area (Å²) < 4.78 is 0. The van der Waals surface area contributed by atoms with Gasteiger partial charge in [0.05, 0.1) is 5.71 Å². The minimum Gasteiger partial charge on any atom is -0.411 e. The molecule has 0 unspecified atom stereocenters. The van der Waals surface area contributed by atoms with E-state index in [1.807, 2.05) is 0 Å². The van der Waals surface area contributed by atoms with E-state index in [1.54, 1.807) is 0 Å². The number of nitrogens with zero attached hydrogens (tertiary/aromatic N) is 1. The smallest absolute Gasteiger partial charge is 0.0826 e. The van der Waals surface area contributed by atoms with Gasteiger partial charge in [0.15, 0.2) is 0 Å². The lowest BCUT2D eigenvalue weighted by atomic mass is 10.0. The Bertz CT molecular complexity index is 216. The van der Waals surface area contributed by atoms with Crippen molar-refractivity contribution < 1.29 is 5.21 Å². The molecule has 0 saturated heterocycles. The van der Waals surface area contributed by atoms with E-state index in [-0.39, 0.29) is 0 Å². The second-order valence-corrected chi connectivity index (χ2v) is 3.41. The van der Waals surface area contributed by atoms with Crippen molar-refractivity contribution in [2.75, 3.05) is 0 Å². The first-order valence-electron chi connectivity index (χ1n) is 4.69. The van der Waals surface area contributed by atoms with Crippen LogP contribution in [0.15, 0.2) is 16.3 Å². The quantitative estimate of drug-likeness (QED) is 0.391. The summed E-state index contributed by atoms with van der Waals surface area (Å²) in [6, 6.07) is 0. The zero-order valence-corrected chi connectivity index (χ0v) is 7.93. The van der Waals surface area contributed by atoms with Gasteiger partial charge in [-0.2, -0.15) is 0 Å². The summed E-state index contributed by atoms with van der Waals surface area (Å²) in [5, 5.41) is 12.2. The fourth-order valence-electron chi connectivity index (χ4n) is 1.78. The van der Waals surface area contributed by atoms with Crippen molar-refractivity contribution in [2.45, 2.75) is 46.0 Å². The molecule has 68 valence electrons. The highest BCUT2D eigenvalue weighted by Crippen LogP contribution is 2.27. The Morgan fingerprint density at radius 3 is 2.67 bits per heavy atom. The van der Waals surface area contributed by atoms with E-state index in [0.717, 1.165) is 25.0 Å². The fraction of sp³-hybridized carbons (Fsp3) is 0.700. The molecule has 1 aliphatic carbocycles. The Balaban J connectivity index is 2.72. The topological polar surface area (TPSA) is 32.6 Å². The predicted octanol–water partition coefficient (Wildman–Crippen LogP) is 3.12. The van der Waals surface area contributed by atoms with E-state index in [1.165, 1.54) is 24.0 Å². The summed E-state index contributed by atoms with van der Waals surface area (Å²) in [6.45, 7) is 4.25. The van der Waals surface area contributed by atoms with Crippen molar-refractivity contribution >= 4 is 5.71 Å². The summed E-state index contributed by atoms with van der Waals surface area (Å²) in [5.74, 6) is 0. The minimum atomic E-state index is 0.906. The van der Waals surface area contributed by atoms with E-state index >= 15 is 0 Å². The number of allylic oxidation sites excluding steroid dienone is 2. The van der Waals surface area contributed by atoms with E-state index < -0.39 is 0 Å². The second-order valence-electron chi connectivity index (χ2n) is 3.41. The van der Waals surface area contributed by atoms with Gasteiger partial charge in [-0.1, -0.05) is 24.1 Å². The van der Waals surface area contributed by atoms with Crippen molar-refractivity contribution in [3.63, 3.8) is 0 Å². The highest BCUT2D eigenvalue weighted by atomic mass is 16.4. The number of rotatable bonds is 3. The van der Waals surface area contributed by atoms with Crippen LogP contribution >= 0.6 is 0 Å². The molecule has 1 rings (SSSR count). The van der Waals surface area contributed by atoms with Gasteiger partial charge in [0.1, 0.15) is 0 Å². The lowest BCUT2D eigenvalue weighted by Crippen LogP contribution is -2.01. The van der Waals surface area contributed by atoms with Crippen LogP contribution in [0.5, 0.6) is 0 Å². The van der Waals surface area contributed by atoms with Crippen molar-refractivity contribution in [2.24, 2.45) is 5.16 Å². The lowest BCUT2D eigenvalue weighted by Gasteiger charge is -2.04. The Morgan fingerprint density at radius 1 is 1.50 bits per heavy atom. The summed E-state index contributed by atoms with van der Waals surface area (Å²) in [6.07, 6.45) is 5.46.